The molecule has 9 nitrogen and oxygen atoms in total. The fourth-order valence-electron chi connectivity index (χ4n) is 5.99. The van der Waals surface area contributed by atoms with Crippen molar-refractivity contribution in [2.45, 2.75) is 97.9 Å². The van der Waals surface area contributed by atoms with Crippen LogP contribution in [0.1, 0.15) is 61.3 Å². The van der Waals surface area contributed by atoms with Crippen LogP contribution in [0.3, 0.4) is 0 Å². The van der Waals surface area contributed by atoms with Crippen molar-refractivity contribution >= 4 is 17.7 Å². The third kappa shape index (κ3) is 12.3. The van der Waals surface area contributed by atoms with Gasteiger partial charge in [-0.05, 0) is 43.5 Å². The van der Waals surface area contributed by atoms with Crippen LogP contribution in [-0.4, -0.2) is 69.1 Å². The van der Waals surface area contributed by atoms with Crippen molar-refractivity contribution in [3.63, 3.8) is 0 Å². The number of anilines is 1. The fourth-order valence-corrected chi connectivity index (χ4v) is 5.99. The van der Waals surface area contributed by atoms with E-state index in [2.05, 4.69) is 11.9 Å². The Morgan fingerprint density at radius 3 is 2.23 bits per heavy atom. The molecule has 1 aromatic rings. The molecule has 10 heteroatoms. The molecule has 1 amide bonds. The summed E-state index contributed by atoms with van der Waals surface area (Å²) >= 11 is 0. The Kier molecular flexibility index (Phi) is 16.7. The number of allylic oxidation sites excluding steroid dienone is 3. The molecule has 13 atom stereocenters. The monoisotopic (exact) mass is 673 g/mol. The molecule has 0 aliphatic carbocycles. The van der Waals surface area contributed by atoms with E-state index in [4.69, 9.17) is 9.47 Å². The highest BCUT2D eigenvalue weighted by atomic mass is 19.1. The third-order valence-electron chi connectivity index (χ3n) is 9.45. The van der Waals surface area contributed by atoms with E-state index < -0.39 is 66.3 Å². The summed E-state index contributed by atoms with van der Waals surface area (Å²) in [5.41, 5.74) is 0.384. The van der Waals surface area contributed by atoms with E-state index in [1.165, 1.54) is 24.3 Å². The first-order chi connectivity index (χ1) is 22.6. The number of nitrogens with one attached hydrogen (secondary N) is 1. The Morgan fingerprint density at radius 2 is 1.60 bits per heavy atom. The quantitative estimate of drug-likeness (QED) is 0.0747. The van der Waals surface area contributed by atoms with E-state index in [-0.39, 0.29) is 36.0 Å². The molecule has 0 bridgehead atoms. The number of hydrogen-bond acceptors (Lipinski definition) is 8. The molecule has 0 spiro atoms. The predicted octanol–water partition coefficient (Wildman–Crippen LogP) is 6.20. The molecule has 0 radical (unpaired) electrons. The number of aliphatic hydroxyl groups excluding tert-OH is 4. The van der Waals surface area contributed by atoms with Crippen molar-refractivity contribution in [1.29, 1.82) is 0 Å². The molecule has 268 valence electrons. The Hall–Kier alpha value is -3.31. The zero-order chi connectivity index (χ0) is 36.1. The largest absolute Gasteiger partial charge is 0.462 e. The maximum atomic E-state index is 13.3. The van der Waals surface area contributed by atoms with Crippen molar-refractivity contribution in [3.05, 3.63) is 79.2 Å². The molecule has 0 saturated carbocycles. The lowest BCUT2D eigenvalue weighted by Crippen LogP contribution is -2.47. The van der Waals surface area contributed by atoms with Gasteiger partial charge in [-0.1, -0.05) is 90.7 Å². The van der Waals surface area contributed by atoms with Crippen LogP contribution in [0.15, 0.2) is 73.4 Å². The highest BCUT2D eigenvalue weighted by Gasteiger charge is 2.41. The molecule has 0 aromatic heterocycles. The van der Waals surface area contributed by atoms with E-state index in [1.807, 2.05) is 52.8 Å². The second kappa shape index (κ2) is 19.6. The van der Waals surface area contributed by atoms with Crippen LogP contribution >= 0.6 is 0 Å². The zero-order valence-corrected chi connectivity index (χ0v) is 29.3. The van der Waals surface area contributed by atoms with Crippen LogP contribution < -0.4 is 5.32 Å². The topological polar surface area (TPSA) is 146 Å². The smallest absolute Gasteiger partial charge is 0.411 e. The minimum absolute atomic E-state index is 0.151. The Bertz CT molecular complexity index is 1250. The van der Waals surface area contributed by atoms with Gasteiger partial charge in [0.1, 0.15) is 18.0 Å². The average molecular weight is 674 g/mol. The lowest BCUT2D eigenvalue weighted by molar-refractivity contribution is -0.179. The predicted molar refractivity (Wildman–Crippen MR) is 185 cm³/mol. The summed E-state index contributed by atoms with van der Waals surface area (Å²) in [4.78, 5) is 24.7. The standard InChI is InChI=1S/C38H56FNO8/c1-9-10-12-25(5)36(48-38(46)40-30-18-16-29(39)17-19-30)27(7)34(43)23(3)14-11-13-22(2)33(42)24(4)15-20-31(41)21-32-26(6)35(44)28(8)37(45)47-32/h9-13,15-20,22-28,31-36,41-44H,1,14,21H2,2-8H3,(H,40,46)/b12-10-,13-11-,20-15-/t22-,23-,24-,25-,26-,27-,28+,31+,32-,33+,34+,35-,36-/m0/s1. The van der Waals surface area contributed by atoms with Crippen molar-refractivity contribution in [2.24, 2.45) is 41.4 Å². The molecular weight excluding hydrogens is 617 g/mol. The van der Waals surface area contributed by atoms with Gasteiger partial charge in [0, 0.05) is 41.7 Å². The van der Waals surface area contributed by atoms with Crippen molar-refractivity contribution in [1.82, 2.24) is 0 Å². The molecule has 5 N–H and O–H groups in total. The van der Waals surface area contributed by atoms with Gasteiger partial charge in [0.15, 0.2) is 0 Å². The average Bonchev–Trinajstić information content (AvgIpc) is 3.06. The number of ether oxygens (including phenoxy) is 2. The summed E-state index contributed by atoms with van der Waals surface area (Å²) in [6.07, 6.45) is 7.74. The van der Waals surface area contributed by atoms with E-state index >= 15 is 0 Å². The fraction of sp³-hybridized carbons (Fsp3) is 0.579. The molecular formula is C38H56FNO8. The first-order valence-corrected chi connectivity index (χ1v) is 16.9. The van der Waals surface area contributed by atoms with Gasteiger partial charge in [-0.15, -0.1) is 0 Å². The molecule has 1 aliphatic rings. The van der Waals surface area contributed by atoms with Gasteiger partial charge in [-0.3, -0.25) is 10.1 Å². The molecule has 0 unspecified atom stereocenters. The first-order valence-electron chi connectivity index (χ1n) is 16.9. The van der Waals surface area contributed by atoms with E-state index in [9.17, 15) is 34.4 Å². The first kappa shape index (κ1) is 40.9. The van der Waals surface area contributed by atoms with E-state index in [0.29, 0.717) is 12.1 Å². The number of carbonyl (C=O) groups is 2. The Labute approximate surface area is 285 Å². The van der Waals surface area contributed by atoms with Crippen LogP contribution in [0, 0.1) is 47.2 Å². The second-order valence-electron chi connectivity index (χ2n) is 13.5. The van der Waals surface area contributed by atoms with Crippen LogP contribution in [0.25, 0.3) is 0 Å². The third-order valence-corrected chi connectivity index (χ3v) is 9.45. The Balaban J connectivity index is 1.94. The van der Waals surface area contributed by atoms with Gasteiger partial charge in [0.25, 0.3) is 0 Å². The summed E-state index contributed by atoms with van der Waals surface area (Å²) < 4.78 is 24.5. The molecule has 1 saturated heterocycles. The van der Waals surface area contributed by atoms with E-state index in [1.54, 1.807) is 38.2 Å². The zero-order valence-electron chi connectivity index (χ0n) is 29.3. The SMILES string of the molecule is C=C/C=C\[C@H](C)[C@H](OC(=O)Nc1ccc(F)cc1)[C@@H](C)[C@H](O)[C@@H](C)C/C=C\[C@H](C)[C@@H](O)[C@@H](C)/C=C\[C@@H](O)C[C@@H]1OC(=O)[C@H](C)[C@@H](O)[C@H]1C. The number of aliphatic hydroxyl groups is 4. The van der Waals surface area contributed by atoms with Gasteiger partial charge in [-0.2, -0.15) is 0 Å². The van der Waals surface area contributed by atoms with E-state index in [0.717, 1.165) is 0 Å². The van der Waals surface area contributed by atoms with Gasteiger partial charge in [-0.25, -0.2) is 9.18 Å². The number of esters is 1. The maximum Gasteiger partial charge on any atom is 0.411 e. The number of cyclic esters (lactones) is 1. The highest BCUT2D eigenvalue weighted by Crippen LogP contribution is 2.30. The number of rotatable bonds is 17. The number of carbonyl (C=O) groups excluding carboxylic acids is 2. The normalized spacial score (nSPS) is 25.9. The van der Waals surface area contributed by atoms with Gasteiger partial charge in [0.05, 0.1) is 30.3 Å². The second-order valence-corrected chi connectivity index (χ2v) is 13.5. The molecule has 1 fully saturated rings. The number of benzene rings is 1. The lowest BCUT2D eigenvalue weighted by atomic mass is 9.82. The lowest BCUT2D eigenvalue weighted by Gasteiger charge is -2.36. The van der Waals surface area contributed by atoms with Crippen molar-refractivity contribution in [3.8, 4) is 0 Å². The van der Waals surface area contributed by atoms with Crippen LogP contribution in [0.4, 0.5) is 14.9 Å². The number of hydrogen-bond donors (Lipinski definition) is 5. The minimum Gasteiger partial charge on any atom is -0.462 e. The summed E-state index contributed by atoms with van der Waals surface area (Å²) in [6.45, 7) is 16.5. The van der Waals surface area contributed by atoms with Crippen molar-refractivity contribution in [2.75, 3.05) is 5.32 Å². The van der Waals surface area contributed by atoms with Crippen LogP contribution in [-0.2, 0) is 14.3 Å². The Morgan fingerprint density at radius 1 is 0.979 bits per heavy atom. The number of amides is 1. The number of halogens is 1. The molecule has 1 aliphatic heterocycles. The van der Waals surface area contributed by atoms with Crippen LogP contribution in [0.5, 0.6) is 0 Å². The molecule has 2 rings (SSSR count). The molecule has 1 heterocycles. The maximum absolute atomic E-state index is 13.3. The van der Waals surface area contributed by atoms with Crippen molar-refractivity contribution < 1.29 is 43.9 Å². The minimum atomic E-state index is -0.910. The molecule has 48 heavy (non-hydrogen) atoms. The van der Waals surface area contributed by atoms with Gasteiger partial charge < -0.3 is 29.9 Å². The summed E-state index contributed by atoms with van der Waals surface area (Å²) in [7, 11) is 0. The summed E-state index contributed by atoms with van der Waals surface area (Å²) in [5.74, 6) is -3.20. The summed E-state index contributed by atoms with van der Waals surface area (Å²) in [5, 5.41) is 45.6. The van der Waals surface area contributed by atoms with Gasteiger partial charge >= 0.3 is 12.1 Å². The van der Waals surface area contributed by atoms with Gasteiger partial charge in [0.2, 0.25) is 0 Å². The molecule has 1 aromatic carbocycles. The van der Waals surface area contributed by atoms with Crippen LogP contribution in [0.2, 0.25) is 0 Å². The summed E-state index contributed by atoms with van der Waals surface area (Å²) in [6, 6.07) is 5.34. The highest BCUT2D eigenvalue weighted by molar-refractivity contribution is 5.84.